The first kappa shape index (κ1) is 20.1. The Hall–Kier alpha value is -3.82. The van der Waals surface area contributed by atoms with E-state index in [9.17, 15) is 26.3 Å². The van der Waals surface area contributed by atoms with Gasteiger partial charge in [0.1, 0.15) is 11.1 Å². The fraction of sp³-hybridized carbons (Fsp3) is 0.0909. The molecule has 2 aliphatic heterocycles. The average molecular weight is 446 g/mol. The molecule has 0 spiro atoms. The van der Waals surface area contributed by atoms with Gasteiger partial charge in [0, 0.05) is 11.0 Å². The van der Waals surface area contributed by atoms with Gasteiger partial charge in [0.15, 0.2) is 0 Å². The van der Waals surface area contributed by atoms with Gasteiger partial charge in [0.2, 0.25) is 0 Å². The number of rotatable bonds is 0. The minimum absolute atomic E-state index is 0.146. The molecule has 0 saturated heterocycles. The Balaban J connectivity index is 1.93. The molecule has 5 heterocycles. The molecule has 0 radical (unpaired) electrons. The first-order valence-corrected chi connectivity index (χ1v) is 9.33. The highest BCUT2D eigenvalue weighted by atomic mass is 19.4. The molecule has 8 bridgehead atoms. The quantitative estimate of drug-likeness (QED) is 0.260. The molecule has 0 saturated carbocycles. The second-order valence-electron chi connectivity index (χ2n) is 7.20. The van der Waals surface area contributed by atoms with E-state index in [2.05, 4.69) is 19.9 Å². The number of alkyl halides is 6. The van der Waals surface area contributed by atoms with Crippen molar-refractivity contribution in [2.45, 2.75) is 12.4 Å². The lowest BCUT2D eigenvalue weighted by Gasteiger charge is -2.07. The van der Waals surface area contributed by atoms with Gasteiger partial charge in [-0.25, -0.2) is 9.97 Å². The third-order valence-corrected chi connectivity index (χ3v) is 4.96. The normalized spacial score (nSPS) is 13.7. The molecule has 4 nitrogen and oxygen atoms in total. The van der Waals surface area contributed by atoms with Gasteiger partial charge in [-0.3, -0.25) is 0 Å². The van der Waals surface area contributed by atoms with Crippen LogP contribution in [0.4, 0.5) is 26.3 Å². The van der Waals surface area contributed by atoms with E-state index in [4.69, 9.17) is 0 Å². The number of hydrogen-bond donors (Lipinski definition) is 2. The van der Waals surface area contributed by atoms with Gasteiger partial charge in [0.25, 0.3) is 0 Å². The monoisotopic (exact) mass is 446 g/mol. The summed E-state index contributed by atoms with van der Waals surface area (Å²) in [5.41, 5.74) is -2.06. The summed E-state index contributed by atoms with van der Waals surface area (Å²) in [5, 5.41) is 0. The van der Waals surface area contributed by atoms with E-state index >= 15 is 0 Å². The minimum Gasteiger partial charge on any atom is -0.355 e. The van der Waals surface area contributed by atoms with Crippen LogP contribution in [0, 0.1) is 0 Å². The van der Waals surface area contributed by atoms with Crippen molar-refractivity contribution in [3.05, 3.63) is 70.3 Å². The molecular weight excluding hydrogens is 434 g/mol. The van der Waals surface area contributed by atoms with Crippen molar-refractivity contribution in [3.63, 3.8) is 0 Å². The molecular formula is C22H12F6N4. The SMILES string of the molecule is FC(F)(F)c1c2nc(cc3nc(c(C(F)(F)F)c4ccc(cc5ccc1[nH]5)[nH]4)C=C3)C=C2. The van der Waals surface area contributed by atoms with Gasteiger partial charge < -0.3 is 9.97 Å². The summed E-state index contributed by atoms with van der Waals surface area (Å²) >= 11 is 0. The zero-order valence-corrected chi connectivity index (χ0v) is 15.9. The van der Waals surface area contributed by atoms with E-state index < -0.39 is 23.5 Å². The van der Waals surface area contributed by atoms with E-state index in [-0.39, 0.29) is 44.8 Å². The summed E-state index contributed by atoms with van der Waals surface area (Å²) in [6.07, 6.45) is -4.23. The fourth-order valence-corrected chi connectivity index (χ4v) is 3.67. The van der Waals surface area contributed by atoms with Crippen molar-refractivity contribution in [3.8, 4) is 0 Å². The maximum absolute atomic E-state index is 13.8. The van der Waals surface area contributed by atoms with Crippen LogP contribution in [0.5, 0.6) is 0 Å². The van der Waals surface area contributed by atoms with Crippen molar-refractivity contribution in [1.29, 1.82) is 0 Å². The third kappa shape index (κ3) is 3.57. The molecule has 5 rings (SSSR count). The molecule has 0 atom stereocenters. The maximum Gasteiger partial charge on any atom is 0.420 e. The lowest BCUT2D eigenvalue weighted by atomic mass is 10.2. The van der Waals surface area contributed by atoms with Gasteiger partial charge in [-0.1, -0.05) is 0 Å². The first-order chi connectivity index (χ1) is 15.1. The number of halogens is 6. The third-order valence-electron chi connectivity index (χ3n) is 4.96. The number of nitrogens with one attached hydrogen (secondary N) is 2. The molecule has 0 unspecified atom stereocenters. The Morgan fingerprint density at radius 2 is 1.00 bits per heavy atom. The lowest BCUT2D eigenvalue weighted by molar-refractivity contribution is -0.137. The van der Waals surface area contributed by atoms with Crippen LogP contribution in [0.3, 0.4) is 0 Å². The van der Waals surface area contributed by atoms with Gasteiger partial charge in [-0.2, -0.15) is 26.3 Å². The van der Waals surface area contributed by atoms with Crippen molar-refractivity contribution in [1.82, 2.24) is 19.9 Å². The van der Waals surface area contributed by atoms with Crippen molar-refractivity contribution < 1.29 is 26.3 Å². The molecule has 10 heteroatoms. The number of fused-ring (bicyclic) bond motifs is 8. The Morgan fingerprint density at radius 1 is 0.562 bits per heavy atom. The van der Waals surface area contributed by atoms with Crippen LogP contribution < -0.4 is 0 Å². The minimum atomic E-state index is -4.69. The van der Waals surface area contributed by atoms with Crippen molar-refractivity contribution in [2.24, 2.45) is 0 Å². The predicted molar refractivity (Wildman–Crippen MR) is 109 cm³/mol. The highest BCUT2D eigenvalue weighted by Crippen LogP contribution is 2.37. The molecule has 2 N–H and O–H groups in total. The van der Waals surface area contributed by atoms with Gasteiger partial charge in [-0.05, 0) is 60.7 Å². The summed E-state index contributed by atoms with van der Waals surface area (Å²) in [7, 11) is 0. The van der Waals surface area contributed by atoms with Crippen LogP contribution >= 0.6 is 0 Å². The van der Waals surface area contributed by atoms with E-state index in [1.807, 2.05) is 0 Å². The molecule has 0 amide bonds. The zero-order valence-electron chi connectivity index (χ0n) is 15.9. The highest BCUT2D eigenvalue weighted by Gasteiger charge is 2.37. The number of H-pyrrole nitrogens is 2. The number of aromatic amines is 2. The average Bonchev–Trinajstić information content (AvgIpc) is 3.44. The van der Waals surface area contributed by atoms with Crippen LogP contribution in [-0.4, -0.2) is 19.9 Å². The highest BCUT2D eigenvalue weighted by molar-refractivity contribution is 5.81. The van der Waals surface area contributed by atoms with Crippen LogP contribution in [-0.2, 0) is 12.4 Å². The molecule has 3 aromatic heterocycles. The molecule has 32 heavy (non-hydrogen) atoms. The summed E-state index contributed by atoms with van der Waals surface area (Å²) in [6.45, 7) is 0. The van der Waals surface area contributed by atoms with Crippen LogP contribution in [0.25, 0.3) is 46.4 Å². The van der Waals surface area contributed by atoms with Crippen LogP contribution in [0.1, 0.15) is 33.9 Å². The molecule has 162 valence electrons. The predicted octanol–water partition coefficient (Wildman–Crippen LogP) is 6.69. The topological polar surface area (TPSA) is 57.4 Å². The molecule has 2 aliphatic rings. The van der Waals surface area contributed by atoms with Crippen LogP contribution in [0.15, 0.2) is 36.4 Å². The summed E-state index contributed by atoms with van der Waals surface area (Å²) in [6, 6.07) is 8.08. The summed E-state index contributed by atoms with van der Waals surface area (Å²) in [5.74, 6) is 0. The second-order valence-corrected chi connectivity index (χ2v) is 7.20. The van der Waals surface area contributed by atoms with E-state index in [1.165, 1.54) is 60.7 Å². The zero-order chi connectivity index (χ0) is 22.7. The molecule has 0 aliphatic carbocycles. The molecule has 3 aromatic rings. The Kier molecular flexibility index (Phi) is 4.30. The van der Waals surface area contributed by atoms with E-state index in [0.29, 0.717) is 0 Å². The Bertz CT molecular complexity index is 1340. The summed E-state index contributed by atoms with van der Waals surface area (Å²) < 4.78 is 83.0. The number of nitrogens with zero attached hydrogens (tertiary/aromatic N) is 2. The smallest absolute Gasteiger partial charge is 0.355 e. The molecule has 0 fully saturated rings. The lowest BCUT2D eigenvalue weighted by Crippen LogP contribution is -2.08. The summed E-state index contributed by atoms with van der Waals surface area (Å²) in [4.78, 5) is 13.4. The van der Waals surface area contributed by atoms with Gasteiger partial charge >= 0.3 is 12.4 Å². The van der Waals surface area contributed by atoms with Gasteiger partial charge in [-0.15, -0.1) is 0 Å². The maximum atomic E-state index is 13.8. The van der Waals surface area contributed by atoms with Crippen LogP contribution in [0.2, 0.25) is 0 Å². The second kappa shape index (κ2) is 6.84. The van der Waals surface area contributed by atoms with E-state index in [1.54, 1.807) is 0 Å². The number of hydrogen-bond acceptors (Lipinski definition) is 2. The fourth-order valence-electron chi connectivity index (χ4n) is 3.67. The standard InChI is InChI=1S/C22H12F6N4/c23-21(24,25)19-15-5-1-11(29-15)9-12-2-6-17(30-12)20(22(26,27)28)18-8-4-14(32-18)10-13-3-7-16(19)31-13/h1-10,29-30H. The first-order valence-electron chi connectivity index (χ1n) is 9.33. The van der Waals surface area contributed by atoms with E-state index in [0.717, 1.165) is 0 Å². The van der Waals surface area contributed by atoms with Gasteiger partial charge in [0.05, 0.1) is 33.8 Å². The molecule has 0 aromatic carbocycles. The number of aromatic nitrogens is 4. The van der Waals surface area contributed by atoms with Crippen molar-refractivity contribution >= 4 is 46.4 Å². The Labute approximate surface area is 176 Å². The Morgan fingerprint density at radius 3 is 1.41 bits per heavy atom. The largest absolute Gasteiger partial charge is 0.420 e. The van der Waals surface area contributed by atoms with Crippen molar-refractivity contribution in [2.75, 3.05) is 0 Å².